The number of ether oxygens (including phenoxy) is 1. The van der Waals surface area contributed by atoms with Gasteiger partial charge in [0, 0.05) is 25.0 Å². The number of amides is 2. The average Bonchev–Trinajstić information content (AvgIpc) is 3.13. The lowest BCUT2D eigenvalue weighted by Gasteiger charge is -2.31. The molecule has 0 spiro atoms. The summed E-state index contributed by atoms with van der Waals surface area (Å²) in [5.74, 6) is 0.454. The van der Waals surface area contributed by atoms with Crippen LogP contribution in [-0.2, 0) is 9.53 Å². The van der Waals surface area contributed by atoms with Crippen molar-refractivity contribution >= 4 is 12.0 Å². The van der Waals surface area contributed by atoms with Gasteiger partial charge < -0.3 is 15.0 Å². The lowest BCUT2D eigenvalue weighted by atomic mass is 10.1. The fraction of sp³-hybridized carbons (Fsp3) is 0.818. The van der Waals surface area contributed by atoms with Gasteiger partial charge in [-0.15, -0.1) is 0 Å². The predicted molar refractivity (Wildman–Crippen MR) is 57.9 cm³/mol. The first-order valence-electron chi connectivity index (χ1n) is 5.84. The van der Waals surface area contributed by atoms with Crippen molar-refractivity contribution in [2.45, 2.75) is 31.7 Å². The molecule has 5 heteroatoms. The van der Waals surface area contributed by atoms with Crippen molar-refractivity contribution in [3.05, 3.63) is 0 Å². The summed E-state index contributed by atoms with van der Waals surface area (Å²) in [5, 5.41) is 3.04. The second-order valence-electron chi connectivity index (χ2n) is 4.51. The Morgan fingerprint density at radius 2 is 1.81 bits per heavy atom. The summed E-state index contributed by atoms with van der Waals surface area (Å²) in [7, 11) is 1.39. The maximum absolute atomic E-state index is 11.5. The first-order chi connectivity index (χ1) is 7.70. The molecule has 1 aliphatic carbocycles. The molecule has 16 heavy (non-hydrogen) atoms. The average molecular weight is 226 g/mol. The Labute approximate surface area is 95.1 Å². The molecule has 90 valence electrons. The monoisotopic (exact) mass is 226 g/mol. The van der Waals surface area contributed by atoms with Gasteiger partial charge in [-0.25, -0.2) is 4.79 Å². The Hall–Kier alpha value is -1.26. The molecule has 0 atom stereocenters. The van der Waals surface area contributed by atoms with E-state index in [0.29, 0.717) is 13.1 Å². The van der Waals surface area contributed by atoms with Crippen LogP contribution < -0.4 is 5.32 Å². The first kappa shape index (κ1) is 11.2. The smallest absolute Gasteiger partial charge is 0.409 e. The molecule has 1 heterocycles. The Morgan fingerprint density at radius 3 is 2.31 bits per heavy atom. The van der Waals surface area contributed by atoms with Crippen molar-refractivity contribution in [3.8, 4) is 0 Å². The van der Waals surface area contributed by atoms with E-state index < -0.39 is 0 Å². The third-order valence-electron chi connectivity index (χ3n) is 3.22. The van der Waals surface area contributed by atoms with E-state index in [0.717, 1.165) is 25.7 Å². The van der Waals surface area contributed by atoms with E-state index in [2.05, 4.69) is 10.1 Å². The SMILES string of the molecule is COC(=O)N1CCC(NC(=O)C2CC2)CC1. The number of rotatable bonds is 2. The zero-order valence-electron chi connectivity index (χ0n) is 9.57. The van der Waals surface area contributed by atoms with Crippen LogP contribution in [0.1, 0.15) is 25.7 Å². The van der Waals surface area contributed by atoms with E-state index in [1.807, 2.05) is 0 Å². The summed E-state index contributed by atoms with van der Waals surface area (Å²) in [4.78, 5) is 24.4. The van der Waals surface area contributed by atoms with Crippen LogP contribution in [-0.4, -0.2) is 43.1 Å². The topological polar surface area (TPSA) is 58.6 Å². The number of piperidine rings is 1. The van der Waals surface area contributed by atoms with Crippen molar-refractivity contribution < 1.29 is 14.3 Å². The highest BCUT2D eigenvalue weighted by molar-refractivity contribution is 5.81. The molecule has 2 rings (SSSR count). The molecule has 5 nitrogen and oxygen atoms in total. The van der Waals surface area contributed by atoms with Crippen LogP contribution in [0, 0.1) is 5.92 Å². The largest absolute Gasteiger partial charge is 0.453 e. The quantitative estimate of drug-likeness (QED) is 0.755. The summed E-state index contributed by atoms with van der Waals surface area (Å²) >= 11 is 0. The molecule has 0 bridgehead atoms. The first-order valence-corrected chi connectivity index (χ1v) is 5.84. The van der Waals surface area contributed by atoms with Crippen molar-refractivity contribution in [1.82, 2.24) is 10.2 Å². The standard InChI is InChI=1S/C11H18N2O3/c1-16-11(15)13-6-4-9(5-7-13)12-10(14)8-2-3-8/h8-9H,2-7H2,1H3,(H,12,14). The molecule has 0 unspecified atom stereocenters. The van der Waals surface area contributed by atoms with Crippen LogP contribution in [0.4, 0.5) is 4.79 Å². The highest BCUT2D eigenvalue weighted by Crippen LogP contribution is 2.29. The van der Waals surface area contributed by atoms with Gasteiger partial charge in [0.1, 0.15) is 0 Å². The van der Waals surface area contributed by atoms with Crippen LogP contribution in [0.15, 0.2) is 0 Å². The van der Waals surface area contributed by atoms with Crippen LogP contribution in [0.5, 0.6) is 0 Å². The van der Waals surface area contributed by atoms with Crippen LogP contribution in [0.3, 0.4) is 0 Å². The number of carbonyl (C=O) groups excluding carboxylic acids is 2. The minimum Gasteiger partial charge on any atom is -0.453 e. The van der Waals surface area contributed by atoms with Crippen molar-refractivity contribution in [1.29, 1.82) is 0 Å². The summed E-state index contributed by atoms with van der Waals surface area (Å²) in [6.07, 6.45) is 3.45. The van der Waals surface area contributed by atoms with E-state index in [1.54, 1.807) is 4.90 Å². The second-order valence-corrected chi connectivity index (χ2v) is 4.51. The van der Waals surface area contributed by atoms with Gasteiger partial charge in [0.15, 0.2) is 0 Å². The van der Waals surface area contributed by atoms with Gasteiger partial charge in [0.05, 0.1) is 7.11 Å². The third kappa shape index (κ3) is 2.65. The number of nitrogens with one attached hydrogen (secondary N) is 1. The molecule has 1 N–H and O–H groups in total. The van der Waals surface area contributed by atoms with Gasteiger partial charge in [-0.05, 0) is 25.7 Å². The summed E-state index contributed by atoms with van der Waals surface area (Å²) < 4.78 is 4.65. The maximum Gasteiger partial charge on any atom is 0.409 e. The van der Waals surface area contributed by atoms with E-state index in [-0.39, 0.29) is 24.0 Å². The summed E-state index contributed by atoms with van der Waals surface area (Å²) in [6, 6.07) is 0.231. The fourth-order valence-electron chi connectivity index (χ4n) is 2.00. The number of nitrogens with zero attached hydrogens (tertiary/aromatic N) is 1. The van der Waals surface area contributed by atoms with E-state index in [9.17, 15) is 9.59 Å². The van der Waals surface area contributed by atoms with Crippen molar-refractivity contribution in [2.24, 2.45) is 5.92 Å². The van der Waals surface area contributed by atoms with Crippen LogP contribution in [0.2, 0.25) is 0 Å². The van der Waals surface area contributed by atoms with Crippen molar-refractivity contribution in [2.75, 3.05) is 20.2 Å². The summed E-state index contributed by atoms with van der Waals surface area (Å²) in [6.45, 7) is 1.34. The third-order valence-corrected chi connectivity index (χ3v) is 3.22. The molecule has 1 saturated heterocycles. The lowest BCUT2D eigenvalue weighted by molar-refractivity contribution is -0.123. The number of hydrogen-bond donors (Lipinski definition) is 1. The molecule has 1 aliphatic heterocycles. The van der Waals surface area contributed by atoms with Crippen LogP contribution >= 0.6 is 0 Å². The molecule has 2 fully saturated rings. The van der Waals surface area contributed by atoms with Crippen LogP contribution in [0.25, 0.3) is 0 Å². The minimum absolute atomic E-state index is 0.191. The van der Waals surface area contributed by atoms with E-state index in [4.69, 9.17) is 0 Å². The van der Waals surface area contributed by atoms with E-state index in [1.165, 1.54) is 7.11 Å². The minimum atomic E-state index is -0.271. The van der Waals surface area contributed by atoms with E-state index >= 15 is 0 Å². The van der Waals surface area contributed by atoms with Gasteiger partial charge in [0.25, 0.3) is 0 Å². The second kappa shape index (κ2) is 4.72. The molecule has 0 aromatic rings. The number of hydrogen-bond acceptors (Lipinski definition) is 3. The highest BCUT2D eigenvalue weighted by atomic mass is 16.5. The fourth-order valence-corrected chi connectivity index (χ4v) is 2.00. The number of carbonyl (C=O) groups is 2. The molecule has 0 aromatic carbocycles. The normalized spacial score (nSPS) is 21.7. The number of methoxy groups -OCH3 is 1. The predicted octanol–water partition coefficient (Wildman–Crippen LogP) is 0.743. The van der Waals surface area contributed by atoms with Gasteiger partial charge in [-0.3, -0.25) is 4.79 Å². The highest BCUT2D eigenvalue weighted by Gasteiger charge is 2.32. The Balaban J connectivity index is 1.72. The molecular formula is C11H18N2O3. The Kier molecular flexibility index (Phi) is 3.31. The van der Waals surface area contributed by atoms with Gasteiger partial charge >= 0.3 is 6.09 Å². The van der Waals surface area contributed by atoms with Gasteiger partial charge in [-0.1, -0.05) is 0 Å². The molecule has 0 radical (unpaired) electrons. The molecule has 1 saturated carbocycles. The van der Waals surface area contributed by atoms with Gasteiger partial charge in [0.2, 0.25) is 5.91 Å². The Bertz CT molecular complexity index is 281. The van der Waals surface area contributed by atoms with Gasteiger partial charge in [-0.2, -0.15) is 0 Å². The number of likely N-dealkylation sites (tertiary alicyclic amines) is 1. The zero-order valence-corrected chi connectivity index (χ0v) is 9.57. The molecule has 2 amide bonds. The molecule has 2 aliphatic rings. The molecular weight excluding hydrogens is 208 g/mol. The molecule has 0 aromatic heterocycles. The maximum atomic E-state index is 11.5. The van der Waals surface area contributed by atoms with Crippen molar-refractivity contribution in [3.63, 3.8) is 0 Å². The zero-order chi connectivity index (χ0) is 11.5. The lowest BCUT2D eigenvalue weighted by Crippen LogP contribution is -2.46. The Morgan fingerprint density at radius 1 is 1.19 bits per heavy atom. The summed E-state index contributed by atoms with van der Waals surface area (Å²) in [5.41, 5.74) is 0.